The number of nitrogens with two attached hydrogens (primary N) is 1. The first kappa shape index (κ1) is 11.1. The number of hydrogen-bond acceptors (Lipinski definition) is 8. The van der Waals surface area contributed by atoms with Gasteiger partial charge in [0.25, 0.3) is 5.89 Å². The van der Waals surface area contributed by atoms with E-state index in [0.717, 1.165) is 17.0 Å². The molecule has 16 heavy (non-hydrogen) atoms. The topological polar surface area (TPSA) is 111 Å². The molecule has 0 aliphatic carbocycles. The molecule has 2 aromatic rings. The second-order valence-electron chi connectivity index (χ2n) is 3.15. The van der Waals surface area contributed by atoms with E-state index >= 15 is 0 Å². The summed E-state index contributed by atoms with van der Waals surface area (Å²) in [6.07, 6.45) is 0.746. The maximum Gasteiger partial charge on any atom is 0.271 e. The quantitative estimate of drug-likeness (QED) is 0.783. The van der Waals surface area contributed by atoms with Crippen LogP contribution < -0.4 is 5.73 Å². The predicted molar refractivity (Wildman–Crippen MR) is 56.6 cm³/mol. The molecule has 0 aliphatic rings. The van der Waals surface area contributed by atoms with Gasteiger partial charge in [-0.15, -0.1) is 5.10 Å². The van der Waals surface area contributed by atoms with Gasteiger partial charge in [-0.3, -0.25) is 0 Å². The largest absolute Gasteiger partial charge is 0.394 e. The lowest BCUT2D eigenvalue weighted by Crippen LogP contribution is -2.15. The van der Waals surface area contributed by atoms with Crippen LogP contribution in [0.1, 0.15) is 24.5 Å². The molecule has 0 radical (unpaired) electrons. The number of aryl methyl sites for hydroxylation is 1. The third kappa shape index (κ3) is 1.94. The number of rotatable bonds is 4. The Hall–Kier alpha value is -1.38. The lowest BCUT2D eigenvalue weighted by molar-refractivity contribution is 0.260. The van der Waals surface area contributed by atoms with E-state index in [-0.39, 0.29) is 12.4 Å². The summed E-state index contributed by atoms with van der Waals surface area (Å²) < 4.78 is 8.88. The molecule has 2 rings (SSSR count). The third-order valence-corrected chi connectivity index (χ3v) is 2.81. The standard InChI is InChI=1S/C8H11N5O2S/c1-2-5-6(16-13-11-5)8-10-7(12-15-8)4(9)3-14/h4,14H,2-3,9H2,1H3. The molecule has 8 heteroatoms. The molecular formula is C8H11N5O2S. The molecule has 0 fully saturated rings. The number of aliphatic hydroxyl groups is 1. The van der Waals surface area contributed by atoms with Crippen LogP contribution in [0.5, 0.6) is 0 Å². The molecule has 0 amide bonds. The van der Waals surface area contributed by atoms with Gasteiger partial charge in [-0.25, -0.2) is 0 Å². The molecule has 3 N–H and O–H groups in total. The summed E-state index contributed by atoms with van der Waals surface area (Å²) in [5.74, 6) is 0.638. The second kappa shape index (κ2) is 4.64. The molecule has 0 saturated heterocycles. The molecule has 0 spiro atoms. The van der Waals surface area contributed by atoms with Crippen molar-refractivity contribution in [2.75, 3.05) is 6.61 Å². The Morgan fingerprint density at radius 1 is 1.56 bits per heavy atom. The molecule has 0 saturated carbocycles. The first-order chi connectivity index (χ1) is 7.76. The van der Waals surface area contributed by atoms with E-state index in [2.05, 4.69) is 19.7 Å². The van der Waals surface area contributed by atoms with Crippen molar-refractivity contribution in [1.82, 2.24) is 19.7 Å². The average molecular weight is 241 g/mol. The number of hydrogen-bond donors (Lipinski definition) is 2. The molecule has 7 nitrogen and oxygen atoms in total. The van der Waals surface area contributed by atoms with E-state index in [9.17, 15) is 0 Å². The lowest BCUT2D eigenvalue weighted by atomic mass is 10.3. The normalized spacial score (nSPS) is 12.9. The lowest BCUT2D eigenvalue weighted by Gasteiger charge is -1.98. The molecule has 0 aromatic carbocycles. The summed E-state index contributed by atoms with van der Waals surface area (Å²) in [7, 11) is 0. The van der Waals surface area contributed by atoms with Crippen molar-refractivity contribution in [2.45, 2.75) is 19.4 Å². The average Bonchev–Trinajstić information content (AvgIpc) is 2.95. The van der Waals surface area contributed by atoms with Crippen LogP contribution >= 0.6 is 11.5 Å². The fraction of sp³-hybridized carbons (Fsp3) is 0.500. The molecule has 86 valence electrons. The van der Waals surface area contributed by atoms with E-state index in [1.165, 1.54) is 11.5 Å². The molecule has 2 heterocycles. The maximum absolute atomic E-state index is 8.86. The summed E-state index contributed by atoms with van der Waals surface area (Å²) in [6.45, 7) is 1.75. The van der Waals surface area contributed by atoms with Gasteiger partial charge in [0.2, 0.25) is 0 Å². The number of nitrogens with zero attached hydrogens (tertiary/aromatic N) is 4. The second-order valence-corrected chi connectivity index (χ2v) is 3.90. The molecular weight excluding hydrogens is 230 g/mol. The zero-order valence-corrected chi connectivity index (χ0v) is 9.44. The minimum atomic E-state index is -0.622. The van der Waals surface area contributed by atoms with Crippen LogP contribution in [0.15, 0.2) is 4.52 Å². The van der Waals surface area contributed by atoms with Crippen molar-refractivity contribution in [1.29, 1.82) is 0 Å². The highest BCUT2D eigenvalue weighted by atomic mass is 32.1. The van der Waals surface area contributed by atoms with E-state index in [0.29, 0.717) is 5.89 Å². The van der Waals surface area contributed by atoms with Crippen molar-refractivity contribution in [3.8, 4) is 10.8 Å². The fourth-order valence-corrected chi connectivity index (χ4v) is 1.83. The third-order valence-electron chi connectivity index (χ3n) is 2.05. The van der Waals surface area contributed by atoms with Crippen molar-refractivity contribution in [2.24, 2.45) is 5.73 Å². The Labute approximate surface area is 95.5 Å². The van der Waals surface area contributed by atoms with Crippen LogP contribution in [0.25, 0.3) is 10.8 Å². The summed E-state index contributed by atoms with van der Waals surface area (Å²) in [5.41, 5.74) is 6.39. The van der Waals surface area contributed by atoms with Gasteiger partial charge in [0.05, 0.1) is 18.3 Å². The summed E-state index contributed by atoms with van der Waals surface area (Å²) in [5, 5.41) is 16.5. The SMILES string of the molecule is CCc1nnsc1-c1nc(C(N)CO)no1. The summed E-state index contributed by atoms with van der Waals surface area (Å²) in [6, 6.07) is -0.622. The van der Waals surface area contributed by atoms with Crippen LogP contribution in [-0.4, -0.2) is 31.4 Å². The van der Waals surface area contributed by atoms with E-state index in [1.807, 2.05) is 6.92 Å². The molecule has 1 atom stereocenters. The minimum absolute atomic E-state index is 0.222. The van der Waals surface area contributed by atoms with Crippen molar-refractivity contribution >= 4 is 11.5 Å². The zero-order valence-electron chi connectivity index (χ0n) is 8.62. The molecule has 0 bridgehead atoms. The Morgan fingerprint density at radius 3 is 3.06 bits per heavy atom. The van der Waals surface area contributed by atoms with Crippen LogP contribution in [0.3, 0.4) is 0 Å². The smallest absolute Gasteiger partial charge is 0.271 e. The predicted octanol–water partition coefficient (Wildman–Crippen LogP) is 0.143. The highest BCUT2D eigenvalue weighted by Crippen LogP contribution is 2.25. The van der Waals surface area contributed by atoms with Crippen LogP contribution in [0.2, 0.25) is 0 Å². The van der Waals surface area contributed by atoms with E-state index < -0.39 is 6.04 Å². The molecule has 1 unspecified atom stereocenters. The van der Waals surface area contributed by atoms with Crippen molar-refractivity contribution in [3.63, 3.8) is 0 Å². The van der Waals surface area contributed by atoms with Gasteiger partial charge in [-0.05, 0) is 18.0 Å². The first-order valence-corrected chi connectivity index (χ1v) is 5.55. The minimum Gasteiger partial charge on any atom is -0.394 e. The van der Waals surface area contributed by atoms with Crippen LogP contribution in [0, 0.1) is 0 Å². The van der Waals surface area contributed by atoms with Gasteiger partial charge in [0.15, 0.2) is 5.82 Å². The molecule has 0 aliphatic heterocycles. The Kier molecular flexibility index (Phi) is 3.22. The van der Waals surface area contributed by atoms with Gasteiger partial charge in [-0.2, -0.15) is 4.98 Å². The van der Waals surface area contributed by atoms with Crippen LogP contribution in [0.4, 0.5) is 0 Å². The van der Waals surface area contributed by atoms with Gasteiger partial charge in [0.1, 0.15) is 4.88 Å². The highest BCUT2D eigenvalue weighted by Gasteiger charge is 2.18. The van der Waals surface area contributed by atoms with Gasteiger partial charge in [-0.1, -0.05) is 16.6 Å². The van der Waals surface area contributed by atoms with Crippen LogP contribution in [-0.2, 0) is 6.42 Å². The van der Waals surface area contributed by atoms with Crippen molar-refractivity contribution in [3.05, 3.63) is 11.5 Å². The summed E-state index contributed by atoms with van der Waals surface area (Å²) >= 11 is 1.20. The monoisotopic (exact) mass is 241 g/mol. The Balaban J connectivity index is 2.31. The van der Waals surface area contributed by atoms with Gasteiger partial charge in [0, 0.05) is 0 Å². The highest BCUT2D eigenvalue weighted by molar-refractivity contribution is 7.09. The maximum atomic E-state index is 8.86. The summed E-state index contributed by atoms with van der Waals surface area (Å²) in [4.78, 5) is 4.86. The van der Waals surface area contributed by atoms with Crippen molar-refractivity contribution < 1.29 is 9.63 Å². The Morgan fingerprint density at radius 2 is 2.38 bits per heavy atom. The van der Waals surface area contributed by atoms with Gasteiger partial charge >= 0.3 is 0 Å². The zero-order chi connectivity index (χ0) is 11.5. The van der Waals surface area contributed by atoms with Gasteiger partial charge < -0.3 is 15.4 Å². The molecule has 2 aromatic heterocycles. The number of aromatic nitrogens is 4. The number of aliphatic hydroxyl groups excluding tert-OH is 1. The van der Waals surface area contributed by atoms with E-state index in [4.69, 9.17) is 15.4 Å². The fourth-order valence-electron chi connectivity index (χ4n) is 1.16. The van der Waals surface area contributed by atoms with E-state index in [1.54, 1.807) is 0 Å². The Bertz CT molecular complexity index is 468. The first-order valence-electron chi connectivity index (χ1n) is 4.77.